The van der Waals surface area contributed by atoms with E-state index in [1.807, 2.05) is 0 Å². The first-order valence-corrected chi connectivity index (χ1v) is 3.65. The second-order valence-corrected chi connectivity index (χ2v) is 3.05. The topological polar surface area (TPSA) is 59.1 Å². The van der Waals surface area contributed by atoms with Crippen LogP contribution in [-0.4, -0.2) is 10.1 Å². The average molecular weight is 150 g/mol. The van der Waals surface area contributed by atoms with Gasteiger partial charge in [0.2, 0.25) is 0 Å². The number of nitrogens with two attached hydrogens (primary N) is 1. The Balaban J connectivity index is 2.45. The lowest BCUT2D eigenvalue weighted by molar-refractivity contribution is 0.457. The molecule has 0 aromatic carbocycles. The van der Waals surface area contributed by atoms with Crippen LogP contribution < -0.4 is 5.73 Å². The molecule has 1 saturated carbocycles. The Hall–Kier alpha value is -1.09. The minimum atomic E-state index is -0.257. The Morgan fingerprint density at radius 2 is 2.27 bits per heavy atom. The predicted octanol–water partition coefficient (Wildman–Crippen LogP) is 0.735. The number of aromatic hydroxyl groups is 1. The molecular weight excluding hydrogens is 140 g/mol. The van der Waals surface area contributed by atoms with Gasteiger partial charge in [-0.1, -0.05) is 0 Å². The Morgan fingerprint density at radius 3 is 2.82 bits per heavy atom. The number of hydrogen-bond donors (Lipinski definition) is 2. The summed E-state index contributed by atoms with van der Waals surface area (Å²) in [5.74, 6) is 0.215. The highest BCUT2D eigenvalue weighted by molar-refractivity contribution is 5.38. The number of nitrogens with zero attached hydrogens (tertiary/aromatic N) is 1. The van der Waals surface area contributed by atoms with Gasteiger partial charge in [0, 0.05) is 17.3 Å². The number of hydrogen-bond acceptors (Lipinski definition) is 3. The van der Waals surface area contributed by atoms with Gasteiger partial charge in [-0.05, 0) is 18.9 Å². The highest BCUT2D eigenvalue weighted by Crippen LogP contribution is 2.45. The maximum atomic E-state index is 9.34. The Morgan fingerprint density at radius 1 is 1.55 bits per heavy atom. The van der Waals surface area contributed by atoms with Gasteiger partial charge in [-0.15, -0.1) is 0 Å². The maximum Gasteiger partial charge on any atom is 0.138 e. The monoisotopic (exact) mass is 150 g/mol. The number of rotatable bonds is 1. The largest absolute Gasteiger partial charge is 0.506 e. The number of aromatic nitrogens is 1. The lowest BCUT2D eigenvalue weighted by Gasteiger charge is -2.09. The minimum Gasteiger partial charge on any atom is -0.506 e. The SMILES string of the molecule is NC1(c2ccncc2O)CC1. The molecule has 0 bridgehead atoms. The van der Waals surface area contributed by atoms with Gasteiger partial charge < -0.3 is 10.8 Å². The van der Waals surface area contributed by atoms with Crippen molar-refractivity contribution in [2.45, 2.75) is 18.4 Å². The van der Waals surface area contributed by atoms with Crippen LogP contribution in [-0.2, 0) is 5.54 Å². The van der Waals surface area contributed by atoms with E-state index in [-0.39, 0.29) is 11.3 Å². The van der Waals surface area contributed by atoms with E-state index in [9.17, 15) is 5.11 Å². The third-order valence-corrected chi connectivity index (χ3v) is 2.13. The molecule has 58 valence electrons. The van der Waals surface area contributed by atoms with E-state index in [1.165, 1.54) is 6.20 Å². The highest BCUT2D eigenvalue weighted by Gasteiger charge is 2.41. The fourth-order valence-corrected chi connectivity index (χ4v) is 1.21. The lowest BCUT2D eigenvalue weighted by Crippen LogP contribution is -2.18. The molecule has 3 N–H and O–H groups in total. The highest BCUT2D eigenvalue weighted by atomic mass is 16.3. The molecule has 1 aromatic heterocycles. The van der Waals surface area contributed by atoms with E-state index in [0.717, 1.165) is 18.4 Å². The first-order chi connectivity index (χ1) is 5.22. The summed E-state index contributed by atoms with van der Waals surface area (Å²) in [4.78, 5) is 3.78. The maximum absolute atomic E-state index is 9.34. The van der Waals surface area contributed by atoms with Crippen molar-refractivity contribution in [3.05, 3.63) is 24.0 Å². The van der Waals surface area contributed by atoms with Gasteiger partial charge in [0.25, 0.3) is 0 Å². The second-order valence-electron chi connectivity index (χ2n) is 3.05. The summed E-state index contributed by atoms with van der Waals surface area (Å²) >= 11 is 0. The fourth-order valence-electron chi connectivity index (χ4n) is 1.21. The van der Waals surface area contributed by atoms with Crippen molar-refractivity contribution in [2.24, 2.45) is 5.73 Å². The van der Waals surface area contributed by atoms with E-state index in [4.69, 9.17) is 5.73 Å². The summed E-state index contributed by atoms with van der Waals surface area (Å²) in [5, 5.41) is 9.34. The number of pyridine rings is 1. The van der Waals surface area contributed by atoms with Crippen molar-refractivity contribution < 1.29 is 5.11 Å². The van der Waals surface area contributed by atoms with Gasteiger partial charge in [-0.2, -0.15) is 0 Å². The molecule has 1 fully saturated rings. The van der Waals surface area contributed by atoms with E-state index in [2.05, 4.69) is 4.98 Å². The van der Waals surface area contributed by atoms with Gasteiger partial charge in [0.1, 0.15) is 5.75 Å². The molecule has 3 heteroatoms. The zero-order valence-electron chi connectivity index (χ0n) is 6.12. The molecule has 0 atom stereocenters. The van der Waals surface area contributed by atoms with Crippen LogP contribution in [0.2, 0.25) is 0 Å². The van der Waals surface area contributed by atoms with Gasteiger partial charge in [-0.3, -0.25) is 4.98 Å². The van der Waals surface area contributed by atoms with Crippen molar-refractivity contribution in [3.8, 4) is 5.75 Å². The van der Waals surface area contributed by atoms with Gasteiger partial charge in [0.05, 0.1) is 6.20 Å². The van der Waals surface area contributed by atoms with E-state index >= 15 is 0 Å². The summed E-state index contributed by atoms with van der Waals surface area (Å²) in [6.45, 7) is 0. The first kappa shape index (κ1) is 6.61. The first-order valence-electron chi connectivity index (χ1n) is 3.65. The fraction of sp³-hybridized carbons (Fsp3) is 0.375. The molecule has 2 rings (SSSR count). The summed E-state index contributed by atoms with van der Waals surface area (Å²) in [7, 11) is 0. The normalized spacial score (nSPS) is 19.7. The zero-order valence-corrected chi connectivity index (χ0v) is 6.12. The van der Waals surface area contributed by atoms with Gasteiger partial charge in [0.15, 0.2) is 0 Å². The molecule has 0 unspecified atom stereocenters. The molecule has 1 aliphatic carbocycles. The van der Waals surface area contributed by atoms with Crippen LogP contribution >= 0.6 is 0 Å². The van der Waals surface area contributed by atoms with Crippen LogP contribution in [0.4, 0.5) is 0 Å². The smallest absolute Gasteiger partial charge is 0.138 e. The molecule has 11 heavy (non-hydrogen) atoms. The van der Waals surface area contributed by atoms with Crippen LogP contribution in [0, 0.1) is 0 Å². The minimum absolute atomic E-state index is 0.215. The van der Waals surface area contributed by atoms with Crippen molar-refractivity contribution in [1.82, 2.24) is 4.98 Å². The predicted molar refractivity (Wildman–Crippen MR) is 41.0 cm³/mol. The van der Waals surface area contributed by atoms with Crippen LogP contribution in [0.1, 0.15) is 18.4 Å². The molecule has 0 radical (unpaired) electrons. The third-order valence-electron chi connectivity index (χ3n) is 2.13. The van der Waals surface area contributed by atoms with E-state index in [1.54, 1.807) is 12.3 Å². The third kappa shape index (κ3) is 0.973. The molecule has 0 aliphatic heterocycles. The molecule has 0 amide bonds. The quantitative estimate of drug-likeness (QED) is 0.620. The Kier molecular flexibility index (Phi) is 1.17. The molecule has 1 aliphatic rings. The molecule has 3 nitrogen and oxygen atoms in total. The summed E-state index contributed by atoms with van der Waals surface area (Å²) < 4.78 is 0. The molecule has 1 aromatic rings. The van der Waals surface area contributed by atoms with Crippen LogP contribution in [0.3, 0.4) is 0 Å². The Bertz CT molecular complexity index is 281. The van der Waals surface area contributed by atoms with Crippen molar-refractivity contribution in [3.63, 3.8) is 0 Å². The van der Waals surface area contributed by atoms with Crippen LogP contribution in [0.25, 0.3) is 0 Å². The van der Waals surface area contributed by atoms with Crippen molar-refractivity contribution >= 4 is 0 Å². The Labute approximate surface area is 64.9 Å². The standard InChI is InChI=1S/C8H10N2O/c9-8(2-3-8)6-1-4-10-5-7(6)11/h1,4-5,11H,2-3,9H2. The lowest BCUT2D eigenvalue weighted by atomic mass is 10.1. The summed E-state index contributed by atoms with van der Waals surface area (Å²) in [6.07, 6.45) is 5.01. The summed E-state index contributed by atoms with van der Waals surface area (Å²) in [5.41, 5.74) is 6.45. The molecule has 0 spiro atoms. The van der Waals surface area contributed by atoms with Crippen LogP contribution in [0.15, 0.2) is 18.5 Å². The molecule has 0 saturated heterocycles. The average Bonchev–Trinajstić information content (AvgIpc) is 2.70. The van der Waals surface area contributed by atoms with Crippen molar-refractivity contribution in [1.29, 1.82) is 0 Å². The van der Waals surface area contributed by atoms with E-state index < -0.39 is 0 Å². The second kappa shape index (κ2) is 1.95. The zero-order chi connectivity index (χ0) is 7.90. The van der Waals surface area contributed by atoms with Crippen molar-refractivity contribution in [2.75, 3.05) is 0 Å². The molecule has 1 heterocycles. The van der Waals surface area contributed by atoms with E-state index in [0.29, 0.717) is 0 Å². The van der Waals surface area contributed by atoms with Gasteiger partial charge in [-0.25, -0.2) is 0 Å². The summed E-state index contributed by atoms with van der Waals surface area (Å²) in [6, 6.07) is 1.78. The molecular formula is C8H10N2O. The van der Waals surface area contributed by atoms with Crippen LogP contribution in [0.5, 0.6) is 5.75 Å². The van der Waals surface area contributed by atoms with Gasteiger partial charge >= 0.3 is 0 Å².